The molecule has 0 spiro atoms. The van der Waals surface area contributed by atoms with E-state index in [1.54, 1.807) is 23.7 Å². The largest absolute Gasteiger partial charge is 0.477 e. The van der Waals surface area contributed by atoms with Gasteiger partial charge in [-0.1, -0.05) is 0 Å². The first kappa shape index (κ1) is 10.7. The third-order valence-electron chi connectivity index (χ3n) is 2.84. The molecule has 1 aliphatic carbocycles. The lowest BCUT2D eigenvalue weighted by atomic mass is 10.3. The van der Waals surface area contributed by atoms with Gasteiger partial charge in [0.15, 0.2) is 0 Å². The molecule has 1 aromatic heterocycles. The summed E-state index contributed by atoms with van der Waals surface area (Å²) in [5.74, 6) is -0.709. The van der Waals surface area contributed by atoms with Gasteiger partial charge in [0.25, 0.3) is 0 Å². The molecule has 1 aliphatic rings. The van der Waals surface area contributed by atoms with Crippen molar-refractivity contribution in [3.05, 3.63) is 23.5 Å². The summed E-state index contributed by atoms with van der Waals surface area (Å²) >= 11 is 0. The maximum atomic E-state index is 11.4. The quantitative estimate of drug-likeness (QED) is 0.789. The molecule has 86 valence electrons. The SMILES string of the molecule is Cn1c(CNC(=O)C2CC2)ccc1C(=O)O. The number of carboxylic acid groups (broad SMARTS) is 1. The summed E-state index contributed by atoms with van der Waals surface area (Å²) < 4.78 is 1.58. The number of hydrogen-bond donors (Lipinski definition) is 2. The molecule has 0 aromatic carbocycles. The van der Waals surface area contributed by atoms with Gasteiger partial charge in [0.1, 0.15) is 5.69 Å². The molecule has 0 radical (unpaired) electrons. The molecule has 5 heteroatoms. The van der Waals surface area contributed by atoms with Gasteiger partial charge in [-0.25, -0.2) is 4.79 Å². The van der Waals surface area contributed by atoms with Crippen LogP contribution in [0.25, 0.3) is 0 Å². The van der Waals surface area contributed by atoms with Gasteiger partial charge in [-0.05, 0) is 25.0 Å². The van der Waals surface area contributed by atoms with Crippen molar-refractivity contribution in [2.24, 2.45) is 13.0 Å². The summed E-state index contributed by atoms with van der Waals surface area (Å²) in [4.78, 5) is 22.2. The molecular formula is C11H14N2O3. The number of amides is 1. The minimum Gasteiger partial charge on any atom is -0.477 e. The highest BCUT2D eigenvalue weighted by molar-refractivity contribution is 5.86. The Morgan fingerprint density at radius 3 is 2.69 bits per heavy atom. The van der Waals surface area contributed by atoms with Crippen LogP contribution in [0.3, 0.4) is 0 Å². The zero-order valence-electron chi connectivity index (χ0n) is 9.06. The Bertz CT molecular complexity index is 432. The molecule has 0 unspecified atom stereocenters. The van der Waals surface area contributed by atoms with E-state index >= 15 is 0 Å². The summed E-state index contributed by atoms with van der Waals surface area (Å²) in [6.07, 6.45) is 1.94. The molecule has 0 bridgehead atoms. The number of hydrogen-bond acceptors (Lipinski definition) is 2. The highest BCUT2D eigenvalue weighted by Gasteiger charge is 2.29. The molecule has 0 aliphatic heterocycles. The fourth-order valence-electron chi connectivity index (χ4n) is 1.61. The molecule has 1 saturated carbocycles. The van der Waals surface area contributed by atoms with Crippen LogP contribution in [0.4, 0.5) is 0 Å². The van der Waals surface area contributed by atoms with Crippen LogP contribution in [0.15, 0.2) is 12.1 Å². The Balaban J connectivity index is 1.98. The van der Waals surface area contributed by atoms with E-state index in [4.69, 9.17) is 5.11 Å². The van der Waals surface area contributed by atoms with Gasteiger partial charge < -0.3 is 15.0 Å². The van der Waals surface area contributed by atoms with Crippen LogP contribution in [-0.4, -0.2) is 21.6 Å². The van der Waals surface area contributed by atoms with Gasteiger partial charge in [0.05, 0.1) is 6.54 Å². The van der Waals surface area contributed by atoms with Crippen LogP contribution < -0.4 is 5.32 Å². The Hall–Kier alpha value is -1.78. The van der Waals surface area contributed by atoms with Crippen molar-refractivity contribution in [2.45, 2.75) is 19.4 Å². The zero-order chi connectivity index (χ0) is 11.7. The third kappa shape index (κ3) is 2.08. The lowest BCUT2D eigenvalue weighted by Gasteiger charge is -2.06. The number of aromatic nitrogens is 1. The minimum atomic E-state index is -0.956. The second-order valence-corrected chi connectivity index (χ2v) is 4.07. The molecule has 1 heterocycles. The first-order valence-corrected chi connectivity index (χ1v) is 5.25. The molecule has 2 N–H and O–H groups in total. The Labute approximate surface area is 93.1 Å². The van der Waals surface area contributed by atoms with Crippen molar-refractivity contribution in [2.75, 3.05) is 0 Å². The van der Waals surface area contributed by atoms with E-state index in [-0.39, 0.29) is 17.5 Å². The van der Waals surface area contributed by atoms with Gasteiger partial charge in [-0.3, -0.25) is 4.79 Å². The topological polar surface area (TPSA) is 71.3 Å². The van der Waals surface area contributed by atoms with E-state index in [2.05, 4.69) is 5.32 Å². The van der Waals surface area contributed by atoms with Crippen LogP contribution in [-0.2, 0) is 18.4 Å². The second-order valence-electron chi connectivity index (χ2n) is 4.07. The number of carboxylic acids is 1. The molecule has 2 rings (SSSR count). The number of carbonyl (C=O) groups is 2. The molecule has 1 amide bonds. The van der Waals surface area contributed by atoms with Crippen LogP contribution in [0.5, 0.6) is 0 Å². The molecule has 1 fully saturated rings. The average molecular weight is 222 g/mol. The Morgan fingerprint density at radius 2 is 2.19 bits per heavy atom. The summed E-state index contributed by atoms with van der Waals surface area (Å²) in [6, 6.07) is 3.26. The summed E-state index contributed by atoms with van der Waals surface area (Å²) in [5, 5.41) is 11.6. The number of aromatic carboxylic acids is 1. The smallest absolute Gasteiger partial charge is 0.352 e. The number of carbonyl (C=O) groups excluding carboxylic acids is 1. The van der Waals surface area contributed by atoms with Gasteiger partial charge in [-0.2, -0.15) is 0 Å². The lowest BCUT2D eigenvalue weighted by Crippen LogP contribution is -2.25. The average Bonchev–Trinajstić information content (AvgIpc) is 3.00. The number of rotatable bonds is 4. The maximum Gasteiger partial charge on any atom is 0.352 e. The normalized spacial score (nSPS) is 14.8. The summed E-state index contributed by atoms with van der Waals surface area (Å²) in [6.45, 7) is 0.388. The second kappa shape index (κ2) is 4.00. The number of nitrogens with zero attached hydrogens (tertiary/aromatic N) is 1. The molecule has 16 heavy (non-hydrogen) atoms. The molecule has 1 aromatic rings. The highest BCUT2D eigenvalue weighted by atomic mass is 16.4. The van der Waals surface area contributed by atoms with Crippen molar-refractivity contribution in [1.82, 2.24) is 9.88 Å². The van der Waals surface area contributed by atoms with Crippen molar-refractivity contribution in [3.63, 3.8) is 0 Å². The van der Waals surface area contributed by atoms with Gasteiger partial charge in [0, 0.05) is 18.7 Å². The van der Waals surface area contributed by atoms with Gasteiger partial charge in [0.2, 0.25) is 5.91 Å². The monoisotopic (exact) mass is 222 g/mol. The standard InChI is InChI=1S/C11H14N2O3/c1-13-8(4-5-9(13)11(15)16)6-12-10(14)7-2-3-7/h4-5,7H,2-3,6H2,1H3,(H,12,14)(H,15,16). The van der Waals surface area contributed by atoms with Gasteiger partial charge in [-0.15, -0.1) is 0 Å². The van der Waals surface area contributed by atoms with Gasteiger partial charge >= 0.3 is 5.97 Å². The lowest BCUT2D eigenvalue weighted by molar-refractivity contribution is -0.122. The van der Waals surface area contributed by atoms with Crippen LogP contribution >= 0.6 is 0 Å². The van der Waals surface area contributed by atoms with E-state index in [9.17, 15) is 9.59 Å². The number of nitrogens with one attached hydrogen (secondary N) is 1. The van der Waals surface area contributed by atoms with Crippen molar-refractivity contribution >= 4 is 11.9 Å². The first-order valence-electron chi connectivity index (χ1n) is 5.25. The van der Waals surface area contributed by atoms with E-state index in [1.807, 2.05) is 0 Å². The van der Waals surface area contributed by atoms with Crippen LogP contribution in [0, 0.1) is 5.92 Å². The fraction of sp³-hybridized carbons (Fsp3) is 0.455. The summed E-state index contributed by atoms with van der Waals surface area (Å²) in [5.41, 5.74) is 1.03. The molecular weight excluding hydrogens is 208 g/mol. The van der Waals surface area contributed by atoms with Crippen LogP contribution in [0.2, 0.25) is 0 Å². The predicted octanol–water partition coefficient (Wildman–Crippen LogP) is 0.749. The van der Waals surface area contributed by atoms with E-state index in [1.165, 1.54) is 0 Å². The molecule has 0 atom stereocenters. The van der Waals surface area contributed by atoms with Crippen LogP contribution in [0.1, 0.15) is 29.0 Å². The van der Waals surface area contributed by atoms with Crippen molar-refractivity contribution in [3.8, 4) is 0 Å². The minimum absolute atomic E-state index is 0.0677. The van der Waals surface area contributed by atoms with E-state index < -0.39 is 5.97 Å². The zero-order valence-corrected chi connectivity index (χ0v) is 9.06. The van der Waals surface area contributed by atoms with Crippen molar-refractivity contribution < 1.29 is 14.7 Å². The molecule has 0 saturated heterocycles. The van der Waals surface area contributed by atoms with E-state index in [0.29, 0.717) is 6.54 Å². The Morgan fingerprint density at radius 1 is 1.50 bits per heavy atom. The molecule has 5 nitrogen and oxygen atoms in total. The Kier molecular flexibility index (Phi) is 2.68. The fourth-order valence-corrected chi connectivity index (χ4v) is 1.61. The van der Waals surface area contributed by atoms with Crippen molar-refractivity contribution in [1.29, 1.82) is 0 Å². The maximum absolute atomic E-state index is 11.4. The summed E-state index contributed by atoms with van der Waals surface area (Å²) in [7, 11) is 1.68. The predicted molar refractivity (Wildman–Crippen MR) is 56.9 cm³/mol. The third-order valence-corrected chi connectivity index (χ3v) is 2.84. The highest BCUT2D eigenvalue weighted by Crippen LogP contribution is 2.28. The van der Waals surface area contributed by atoms with E-state index in [0.717, 1.165) is 18.5 Å². The first-order chi connectivity index (χ1) is 7.59.